The fourth-order valence-corrected chi connectivity index (χ4v) is 4.98. The van der Waals surface area contributed by atoms with Gasteiger partial charge in [-0.2, -0.15) is 5.10 Å². The minimum absolute atomic E-state index is 0.110. The summed E-state index contributed by atoms with van der Waals surface area (Å²) in [6.07, 6.45) is 5.82. The van der Waals surface area contributed by atoms with Crippen LogP contribution in [0.2, 0.25) is 0 Å². The molecule has 1 aromatic carbocycles. The van der Waals surface area contributed by atoms with E-state index in [-0.39, 0.29) is 11.7 Å². The molecule has 1 aliphatic carbocycles. The second-order valence-electron chi connectivity index (χ2n) is 8.79. The largest absolute Gasteiger partial charge is 0.396 e. The number of fused-ring (bicyclic) bond motifs is 1. The van der Waals surface area contributed by atoms with Crippen molar-refractivity contribution in [2.75, 3.05) is 44.7 Å². The number of likely N-dealkylation sites (N-methyl/N-ethyl adjacent to an activating group) is 1. The van der Waals surface area contributed by atoms with E-state index in [1.807, 2.05) is 4.68 Å². The standard InChI is InChI=1S/C22H29FN8/c1-29-8-10-30(11-9-29)15-3-5-16(6-4-15)31-22-19(21(25)26-13-27-22)20(28-31)14-2-7-18(24)17(23)12-14/h2,7,12-13,15-16H,3-6,8-11,24H2,1H3,(H2,25,26,27)/t15-,16-. The maximum atomic E-state index is 14.1. The van der Waals surface area contributed by atoms with Crippen molar-refractivity contribution >= 4 is 22.5 Å². The highest BCUT2D eigenvalue weighted by molar-refractivity contribution is 5.98. The smallest absolute Gasteiger partial charge is 0.164 e. The van der Waals surface area contributed by atoms with Crippen molar-refractivity contribution in [3.8, 4) is 11.3 Å². The number of piperazine rings is 1. The van der Waals surface area contributed by atoms with Crippen molar-refractivity contribution in [3.05, 3.63) is 30.3 Å². The van der Waals surface area contributed by atoms with Gasteiger partial charge in [0, 0.05) is 37.8 Å². The number of nitrogen functional groups attached to an aromatic ring is 2. The van der Waals surface area contributed by atoms with Crippen LogP contribution in [0.25, 0.3) is 22.3 Å². The Morgan fingerprint density at radius 1 is 0.968 bits per heavy atom. The van der Waals surface area contributed by atoms with Crippen LogP contribution in [0, 0.1) is 5.82 Å². The minimum atomic E-state index is -0.469. The first-order valence-electron chi connectivity index (χ1n) is 11.0. The molecule has 2 aliphatic rings. The lowest BCUT2D eigenvalue weighted by Crippen LogP contribution is -2.49. The highest BCUT2D eigenvalue weighted by Gasteiger charge is 2.30. The summed E-state index contributed by atoms with van der Waals surface area (Å²) < 4.78 is 16.1. The van der Waals surface area contributed by atoms with Gasteiger partial charge in [0.25, 0.3) is 0 Å². The average molecular weight is 425 g/mol. The van der Waals surface area contributed by atoms with Gasteiger partial charge in [-0.05, 0) is 44.9 Å². The highest BCUT2D eigenvalue weighted by Crippen LogP contribution is 2.37. The van der Waals surface area contributed by atoms with Crippen LogP contribution in [0.3, 0.4) is 0 Å². The van der Waals surface area contributed by atoms with E-state index in [9.17, 15) is 4.39 Å². The van der Waals surface area contributed by atoms with Crippen molar-refractivity contribution in [2.24, 2.45) is 0 Å². The summed E-state index contributed by atoms with van der Waals surface area (Å²) in [5.74, 6) is -0.113. The van der Waals surface area contributed by atoms with E-state index in [0.717, 1.165) is 51.9 Å². The Balaban J connectivity index is 1.43. The van der Waals surface area contributed by atoms with Crippen LogP contribution >= 0.6 is 0 Å². The Bertz CT molecular complexity index is 1080. The molecular weight excluding hydrogens is 395 g/mol. The van der Waals surface area contributed by atoms with Crippen molar-refractivity contribution in [1.29, 1.82) is 0 Å². The van der Waals surface area contributed by atoms with Gasteiger partial charge in [0.1, 0.15) is 23.7 Å². The summed E-state index contributed by atoms with van der Waals surface area (Å²) in [7, 11) is 2.19. The van der Waals surface area contributed by atoms with Gasteiger partial charge >= 0.3 is 0 Å². The van der Waals surface area contributed by atoms with Crippen LogP contribution in [0.1, 0.15) is 31.7 Å². The minimum Gasteiger partial charge on any atom is -0.396 e. The quantitative estimate of drug-likeness (QED) is 0.623. The zero-order valence-electron chi connectivity index (χ0n) is 17.8. The first-order chi connectivity index (χ1) is 15.0. The number of hydrogen-bond donors (Lipinski definition) is 2. The molecule has 1 saturated carbocycles. The number of hydrogen-bond acceptors (Lipinski definition) is 7. The zero-order chi connectivity index (χ0) is 21.5. The highest BCUT2D eigenvalue weighted by atomic mass is 19.1. The van der Waals surface area contributed by atoms with Gasteiger partial charge in [-0.25, -0.2) is 19.0 Å². The van der Waals surface area contributed by atoms with Crippen molar-refractivity contribution in [2.45, 2.75) is 37.8 Å². The molecule has 8 nitrogen and oxygen atoms in total. The Kier molecular flexibility index (Phi) is 5.23. The van der Waals surface area contributed by atoms with Gasteiger partial charge in [-0.1, -0.05) is 6.07 Å². The van der Waals surface area contributed by atoms with E-state index >= 15 is 0 Å². The van der Waals surface area contributed by atoms with Crippen LogP contribution in [-0.4, -0.2) is 68.8 Å². The third-order valence-corrected chi connectivity index (χ3v) is 6.86. The Morgan fingerprint density at radius 2 is 1.68 bits per heavy atom. The molecule has 0 bridgehead atoms. The van der Waals surface area contributed by atoms with E-state index in [1.54, 1.807) is 12.1 Å². The molecule has 0 spiro atoms. The predicted molar refractivity (Wildman–Crippen MR) is 120 cm³/mol. The van der Waals surface area contributed by atoms with E-state index in [0.29, 0.717) is 34.2 Å². The van der Waals surface area contributed by atoms with Crippen molar-refractivity contribution in [1.82, 2.24) is 29.5 Å². The molecule has 0 amide bonds. The summed E-state index contributed by atoms with van der Waals surface area (Å²) in [4.78, 5) is 13.7. The van der Waals surface area contributed by atoms with E-state index < -0.39 is 5.82 Å². The number of aromatic nitrogens is 4. The normalized spacial score (nSPS) is 23.4. The molecule has 0 radical (unpaired) electrons. The average Bonchev–Trinajstić information content (AvgIpc) is 3.17. The molecule has 9 heteroatoms. The Labute approximate surface area is 181 Å². The van der Waals surface area contributed by atoms with Gasteiger partial charge in [0.15, 0.2) is 5.65 Å². The third kappa shape index (κ3) is 3.72. The summed E-state index contributed by atoms with van der Waals surface area (Å²) in [5.41, 5.74) is 13.9. The van der Waals surface area contributed by atoms with Crippen LogP contribution in [-0.2, 0) is 0 Å². The maximum absolute atomic E-state index is 14.1. The van der Waals surface area contributed by atoms with Gasteiger partial charge in [-0.3, -0.25) is 4.90 Å². The number of halogens is 1. The second-order valence-corrected chi connectivity index (χ2v) is 8.79. The van der Waals surface area contributed by atoms with E-state index in [4.69, 9.17) is 16.6 Å². The van der Waals surface area contributed by atoms with Crippen LogP contribution < -0.4 is 11.5 Å². The number of nitrogens with two attached hydrogens (primary N) is 2. The summed E-state index contributed by atoms with van der Waals surface area (Å²) in [6, 6.07) is 5.60. The lowest BCUT2D eigenvalue weighted by Gasteiger charge is -2.41. The number of anilines is 2. The molecule has 1 saturated heterocycles. The summed E-state index contributed by atoms with van der Waals surface area (Å²) in [6.45, 7) is 4.57. The van der Waals surface area contributed by atoms with Crippen LogP contribution in [0.15, 0.2) is 24.5 Å². The fourth-order valence-electron chi connectivity index (χ4n) is 4.98. The molecule has 2 aromatic heterocycles. The van der Waals surface area contributed by atoms with Crippen molar-refractivity contribution in [3.63, 3.8) is 0 Å². The lowest BCUT2D eigenvalue weighted by molar-refractivity contribution is 0.0815. The summed E-state index contributed by atoms with van der Waals surface area (Å²) in [5, 5.41) is 5.54. The molecule has 164 valence electrons. The van der Waals surface area contributed by atoms with Crippen LogP contribution in [0.5, 0.6) is 0 Å². The molecule has 3 aromatic rings. The molecule has 31 heavy (non-hydrogen) atoms. The zero-order valence-corrected chi connectivity index (χ0v) is 17.8. The summed E-state index contributed by atoms with van der Waals surface area (Å²) >= 11 is 0. The molecule has 2 fully saturated rings. The van der Waals surface area contributed by atoms with Crippen molar-refractivity contribution < 1.29 is 4.39 Å². The Hall–Kier alpha value is -2.78. The van der Waals surface area contributed by atoms with E-state index in [2.05, 4.69) is 26.8 Å². The van der Waals surface area contributed by atoms with Crippen LogP contribution in [0.4, 0.5) is 15.9 Å². The molecular formula is C22H29FN8. The third-order valence-electron chi connectivity index (χ3n) is 6.86. The van der Waals surface area contributed by atoms with Gasteiger partial charge < -0.3 is 16.4 Å². The molecule has 5 rings (SSSR count). The predicted octanol–water partition coefficient (Wildman–Crippen LogP) is 2.53. The lowest BCUT2D eigenvalue weighted by atomic mass is 9.90. The topological polar surface area (TPSA) is 102 Å². The molecule has 0 atom stereocenters. The maximum Gasteiger partial charge on any atom is 0.164 e. The van der Waals surface area contributed by atoms with Gasteiger partial charge in [0.2, 0.25) is 0 Å². The first kappa shape index (κ1) is 20.1. The molecule has 1 aliphatic heterocycles. The molecule has 4 N–H and O–H groups in total. The molecule has 3 heterocycles. The molecule has 0 unspecified atom stereocenters. The second kappa shape index (κ2) is 8.05. The van der Waals surface area contributed by atoms with Gasteiger partial charge in [-0.15, -0.1) is 0 Å². The SMILES string of the molecule is CN1CCN([C@H]2CC[C@H](n3nc(-c4ccc(N)c(F)c4)c4c(N)ncnc43)CC2)CC1. The monoisotopic (exact) mass is 424 g/mol. The number of nitrogens with zero attached hydrogens (tertiary/aromatic N) is 6. The fraction of sp³-hybridized carbons (Fsp3) is 0.500. The van der Waals surface area contributed by atoms with Gasteiger partial charge in [0.05, 0.1) is 17.1 Å². The Morgan fingerprint density at radius 3 is 2.39 bits per heavy atom. The van der Waals surface area contributed by atoms with E-state index in [1.165, 1.54) is 12.4 Å². The number of rotatable bonds is 3. The first-order valence-corrected chi connectivity index (χ1v) is 11.0. The number of benzene rings is 1.